The van der Waals surface area contributed by atoms with E-state index in [4.69, 9.17) is 4.74 Å². The number of hydrogen-bond acceptors (Lipinski definition) is 2. The number of ether oxygens (including phenoxy) is 1. The first kappa shape index (κ1) is 18.7. The van der Waals surface area contributed by atoms with Gasteiger partial charge in [-0.15, -0.1) is 0 Å². The molecule has 0 fully saturated rings. The van der Waals surface area contributed by atoms with Gasteiger partial charge in [-0.05, 0) is 59.5 Å². The highest BCUT2D eigenvalue weighted by atomic mass is 16.5. The Morgan fingerprint density at radius 1 is 1.00 bits per heavy atom. The van der Waals surface area contributed by atoms with E-state index in [0.29, 0.717) is 0 Å². The minimum atomic E-state index is -0.0541. The van der Waals surface area contributed by atoms with Crippen molar-refractivity contribution in [3.63, 3.8) is 0 Å². The summed E-state index contributed by atoms with van der Waals surface area (Å²) in [5.41, 5.74) is 2.63. The summed E-state index contributed by atoms with van der Waals surface area (Å²) < 4.78 is 5.17. The fourth-order valence-corrected chi connectivity index (χ4v) is 3.07. The lowest BCUT2D eigenvalue weighted by atomic mass is 9.99. The molecule has 3 rings (SSSR count). The van der Waals surface area contributed by atoms with Gasteiger partial charge in [-0.2, -0.15) is 0 Å². The van der Waals surface area contributed by atoms with E-state index in [-0.39, 0.29) is 5.91 Å². The van der Waals surface area contributed by atoms with Gasteiger partial charge in [0.15, 0.2) is 0 Å². The number of nitrogens with one attached hydrogen (secondary N) is 1. The van der Waals surface area contributed by atoms with Crippen molar-refractivity contribution >= 4 is 28.4 Å². The van der Waals surface area contributed by atoms with Crippen molar-refractivity contribution in [2.75, 3.05) is 12.4 Å². The van der Waals surface area contributed by atoms with Crippen molar-refractivity contribution in [3.8, 4) is 5.75 Å². The Labute approximate surface area is 160 Å². The second kappa shape index (κ2) is 9.04. The van der Waals surface area contributed by atoms with Crippen LogP contribution in [0.1, 0.15) is 31.7 Å². The number of fused-ring (bicyclic) bond motifs is 1. The first-order valence-corrected chi connectivity index (χ1v) is 9.35. The third-order valence-electron chi connectivity index (χ3n) is 4.59. The van der Waals surface area contributed by atoms with Gasteiger partial charge in [0, 0.05) is 11.3 Å². The minimum absolute atomic E-state index is 0.0541. The molecule has 0 aliphatic rings. The van der Waals surface area contributed by atoms with E-state index in [1.807, 2.05) is 48.5 Å². The summed E-state index contributed by atoms with van der Waals surface area (Å²) in [6.45, 7) is 2.14. The Balaban J connectivity index is 1.89. The summed E-state index contributed by atoms with van der Waals surface area (Å²) in [6.07, 6.45) is 4.80. The molecular weight excluding hydrogens is 334 g/mol. The van der Waals surface area contributed by atoms with E-state index in [2.05, 4.69) is 36.5 Å². The second-order valence-corrected chi connectivity index (χ2v) is 6.52. The Morgan fingerprint density at radius 3 is 2.48 bits per heavy atom. The SMILES string of the molecule is CCCC/C(=C/c1cccc2ccccc12)C(=O)Nc1ccc(OC)cc1. The normalized spacial score (nSPS) is 11.4. The van der Waals surface area contributed by atoms with E-state index < -0.39 is 0 Å². The summed E-state index contributed by atoms with van der Waals surface area (Å²) in [5.74, 6) is 0.715. The predicted molar refractivity (Wildman–Crippen MR) is 113 cm³/mol. The largest absolute Gasteiger partial charge is 0.497 e. The molecule has 138 valence electrons. The zero-order chi connectivity index (χ0) is 19.1. The van der Waals surface area contributed by atoms with Gasteiger partial charge >= 0.3 is 0 Å². The van der Waals surface area contributed by atoms with Crippen LogP contribution in [0.5, 0.6) is 5.75 Å². The molecular formula is C24H25NO2. The van der Waals surface area contributed by atoms with Gasteiger partial charge in [0.25, 0.3) is 5.91 Å². The van der Waals surface area contributed by atoms with Gasteiger partial charge < -0.3 is 10.1 Å². The Hall–Kier alpha value is -3.07. The Kier molecular flexibility index (Phi) is 6.26. The van der Waals surface area contributed by atoms with Gasteiger partial charge in [0.05, 0.1) is 7.11 Å². The van der Waals surface area contributed by atoms with E-state index in [1.165, 1.54) is 5.39 Å². The van der Waals surface area contributed by atoms with Gasteiger partial charge in [0.1, 0.15) is 5.75 Å². The number of rotatable bonds is 7. The highest BCUT2D eigenvalue weighted by molar-refractivity contribution is 6.08. The molecule has 27 heavy (non-hydrogen) atoms. The molecule has 3 nitrogen and oxygen atoms in total. The van der Waals surface area contributed by atoms with E-state index >= 15 is 0 Å². The molecule has 0 heterocycles. The molecule has 1 amide bonds. The van der Waals surface area contributed by atoms with Crippen LogP contribution >= 0.6 is 0 Å². The van der Waals surface area contributed by atoms with Gasteiger partial charge in [0.2, 0.25) is 0 Å². The number of carbonyl (C=O) groups excluding carboxylic acids is 1. The molecule has 0 atom stereocenters. The monoisotopic (exact) mass is 359 g/mol. The van der Waals surface area contributed by atoms with E-state index in [9.17, 15) is 4.79 Å². The van der Waals surface area contributed by atoms with Crippen LogP contribution in [-0.4, -0.2) is 13.0 Å². The van der Waals surface area contributed by atoms with Crippen molar-refractivity contribution in [2.45, 2.75) is 26.2 Å². The van der Waals surface area contributed by atoms with Crippen LogP contribution in [0, 0.1) is 0 Å². The maximum atomic E-state index is 12.9. The van der Waals surface area contributed by atoms with Crippen LogP contribution in [0.4, 0.5) is 5.69 Å². The molecule has 0 radical (unpaired) electrons. The first-order chi connectivity index (χ1) is 13.2. The summed E-state index contributed by atoms with van der Waals surface area (Å²) in [7, 11) is 1.63. The first-order valence-electron chi connectivity index (χ1n) is 9.35. The van der Waals surface area contributed by atoms with Crippen molar-refractivity contribution < 1.29 is 9.53 Å². The topological polar surface area (TPSA) is 38.3 Å². The number of unbranched alkanes of at least 4 members (excludes halogenated alkanes) is 1. The smallest absolute Gasteiger partial charge is 0.251 e. The van der Waals surface area contributed by atoms with Crippen LogP contribution in [0.3, 0.4) is 0 Å². The average molecular weight is 359 g/mol. The molecule has 0 saturated carbocycles. The number of carbonyl (C=O) groups is 1. The number of methoxy groups -OCH3 is 1. The summed E-state index contributed by atoms with van der Waals surface area (Å²) in [6, 6.07) is 21.8. The maximum Gasteiger partial charge on any atom is 0.251 e. The standard InChI is InChI=1S/C24H25NO2/c1-3-4-8-20(24(26)25-21-13-15-22(27-2)16-14-21)17-19-11-7-10-18-9-5-6-12-23(18)19/h5-7,9-17H,3-4,8H2,1-2H3,(H,25,26)/b20-17-. The third kappa shape index (κ3) is 4.76. The summed E-state index contributed by atoms with van der Waals surface area (Å²) >= 11 is 0. The second-order valence-electron chi connectivity index (χ2n) is 6.52. The minimum Gasteiger partial charge on any atom is -0.497 e. The lowest BCUT2D eigenvalue weighted by Crippen LogP contribution is -2.14. The average Bonchev–Trinajstić information content (AvgIpc) is 2.71. The fraction of sp³-hybridized carbons (Fsp3) is 0.208. The van der Waals surface area contributed by atoms with Crippen molar-refractivity contribution in [1.29, 1.82) is 0 Å². The van der Waals surface area contributed by atoms with Crippen LogP contribution in [0.15, 0.2) is 72.3 Å². The lowest BCUT2D eigenvalue weighted by Gasteiger charge is -2.11. The fourth-order valence-electron chi connectivity index (χ4n) is 3.07. The Bertz CT molecular complexity index is 937. The molecule has 1 N–H and O–H groups in total. The number of hydrogen-bond donors (Lipinski definition) is 1. The molecule has 0 aliphatic carbocycles. The number of benzene rings is 3. The zero-order valence-corrected chi connectivity index (χ0v) is 15.9. The summed E-state index contributed by atoms with van der Waals surface area (Å²) in [4.78, 5) is 12.9. The quantitative estimate of drug-likeness (QED) is 0.521. The van der Waals surface area contributed by atoms with Crippen LogP contribution in [0.25, 0.3) is 16.8 Å². The molecule has 3 aromatic rings. The molecule has 0 bridgehead atoms. The third-order valence-corrected chi connectivity index (χ3v) is 4.59. The molecule has 0 unspecified atom stereocenters. The molecule has 0 saturated heterocycles. The van der Waals surface area contributed by atoms with Crippen molar-refractivity contribution in [2.24, 2.45) is 0 Å². The van der Waals surface area contributed by atoms with E-state index in [0.717, 1.165) is 47.2 Å². The Morgan fingerprint density at radius 2 is 1.74 bits per heavy atom. The highest BCUT2D eigenvalue weighted by Gasteiger charge is 2.11. The maximum absolute atomic E-state index is 12.9. The van der Waals surface area contributed by atoms with Crippen LogP contribution in [-0.2, 0) is 4.79 Å². The number of amides is 1. The van der Waals surface area contributed by atoms with Gasteiger partial charge in [-0.3, -0.25) is 4.79 Å². The van der Waals surface area contributed by atoms with E-state index in [1.54, 1.807) is 7.11 Å². The van der Waals surface area contributed by atoms with Crippen molar-refractivity contribution in [1.82, 2.24) is 0 Å². The predicted octanol–water partition coefficient (Wildman–Crippen LogP) is 6.06. The lowest BCUT2D eigenvalue weighted by molar-refractivity contribution is -0.112. The molecule has 0 spiro atoms. The van der Waals surface area contributed by atoms with Crippen LogP contribution in [0.2, 0.25) is 0 Å². The highest BCUT2D eigenvalue weighted by Crippen LogP contribution is 2.23. The summed E-state index contributed by atoms with van der Waals surface area (Å²) in [5, 5.41) is 5.34. The van der Waals surface area contributed by atoms with Crippen molar-refractivity contribution in [3.05, 3.63) is 77.9 Å². The number of anilines is 1. The van der Waals surface area contributed by atoms with Crippen LogP contribution < -0.4 is 10.1 Å². The molecule has 3 aromatic carbocycles. The molecule has 0 aromatic heterocycles. The molecule has 0 aliphatic heterocycles. The zero-order valence-electron chi connectivity index (χ0n) is 15.9. The van der Waals surface area contributed by atoms with Gasteiger partial charge in [-0.25, -0.2) is 0 Å². The van der Waals surface area contributed by atoms with Gasteiger partial charge in [-0.1, -0.05) is 55.8 Å². The molecule has 3 heteroatoms.